The molecule has 3 rings (SSSR count). The molecule has 0 saturated heterocycles. The maximum absolute atomic E-state index is 5.52. The highest BCUT2D eigenvalue weighted by Gasteiger charge is 2.22. The minimum Gasteiger partial charge on any atom is -0.493 e. The average Bonchev–Trinajstić information content (AvgIpc) is 2.77. The van der Waals surface area contributed by atoms with Crippen molar-refractivity contribution in [3.8, 4) is 11.5 Å². The molecule has 0 bridgehead atoms. The molecule has 1 aliphatic rings. The van der Waals surface area contributed by atoms with Crippen molar-refractivity contribution in [2.75, 3.05) is 24.9 Å². The van der Waals surface area contributed by atoms with Gasteiger partial charge in [-0.25, -0.2) is 0 Å². The summed E-state index contributed by atoms with van der Waals surface area (Å²) in [5.74, 6) is 1.35. The fourth-order valence-corrected chi connectivity index (χ4v) is 4.39. The van der Waals surface area contributed by atoms with Crippen LogP contribution >= 0.6 is 24.4 Å². The summed E-state index contributed by atoms with van der Waals surface area (Å²) in [6.45, 7) is 4.22. The zero-order valence-corrected chi connectivity index (χ0v) is 20.7. The predicted molar refractivity (Wildman–Crippen MR) is 140 cm³/mol. The molecule has 0 unspecified atom stereocenters. The van der Waals surface area contributed by atoms with Crippen molar-refractivity contribution in [3.63, 3.8) is 0 Å². The van der Waals surface area contributed by atoms with E-state index in [0.29, 0.717) is 33.8 Å². The number of methoxy groups -OCH3 is 2. The standard InChI is InChI=1S/C24H32N4O2S2/c1-15-5-6-19(13-16(15)2)27-23(31)25-17-7-9-18(10-8-17)26-24(32)28-20-11-12-21(29-3)22(14-20)30-4/h5-6,11-14,17-18H,7-10H2,1-4H3,(H2,25,27,31)(H2,26,28,32). The van der Waals surface area contributed by atoms with E-state index >= 15 is 0 Å². The van der Waals surface area contributed by atoms with Crippen LogP contribution in [0.25, 0.3) is 0 Å². The van der Waals surface area contributed by atoms with Gasteiger partial charge in [0.25, 0.3) is 0 Å². The molecule has 0 amide bonds. The van der Waals surface area contributed by atoms with Crippen molar-refractivity contribution in [1.29, 1.82) is 0 Å². The zero-order chi connectivity index (χ0) is 23.1. The molecule has 1 aliphatic carbocycles. The van der Waals surface area contributed by atoms with Crippen molar-refractivity contribution in [3.05, 3.63) is 47.5 Å². The summed E-state index contributed by atoms with van der Waals surface area (Å²) >= 11 is 11.0. The van der Waals surface area contributed by atoms with E-state index in [1.165, 1.54) is 11.1 Å². The molecular formula is C24H32N4O2S2. The summed E-state index contributed by atoms with van der Waals surface area (Å²) in [7, 11) is 3.24. The molecule has 0 spiro atoms. The lowest BCUT2D eigenvalue weighted by Crippen LogP contribution is -2.45. The lowest BCUT2D eigenvalue weighted by molar-refractivity contribution is 0.355. The molecule has 0 heterocycles. The Kier molecular flexibility index (Phi) is 8.53. The van der Waals surface area contributed by atoms with Crippen molar-refractivity contribution in [1.82, 2.24) is 10.6 Å². The minimum atomic E-state index is 0.342. The van der Waals surface area contributed by atoms with E-state index in [9.17, 15) is 0 Å². The van der Waals surface area contributed by atoms with Crippen molar-refractivity contribution >= 4 is 46.0 Å². The summed E-state index contributed by atoms with van der Waals surface area (Å²) in [5.41, 5.74) is 4.41. The predicted octanol–water partition coefficient (Wildman–Crippen LogP) is 4.90. The normalized spacial score (nSPS) is 17.8. The van der Waals surface area contributed by atoms with Crippen LogP contribution in [0.1, 0.15) is 36.8 Å². The molecule has 0 radical (unpaired) electrons. The van der Waals surface area contributed by atoms with Gasteiger partial charge in [-0.05, 0) is 99.4 Å². The number of hydrogen-bond acceptors (Lipinski definition) is 4. The van der Waals surface area contributed by atoms with Gasteiger partial charge in [0, 0.05) is 29.5 Å². The van der Waals surface area contributed by atoms with E-state index in [0.717, 1.165) is 37.1 Å². The molecule has 4 N–H and O–H groups in total. The minimum absolute atomic E-state index is 0.342. The Morgan fingerprint density at radius 2 is 1.22 bits per heavy atom. The third-order valence-electron chi connectivity index (χ3n) is 5.80. The van der Waals surface area contributed by atoms with Crippen LogP contribution in [0.15, 0.2) is 36.4 Å². The first-order valence-electron chi connectivity index (χ1n) is 10.8. The first-order valence-corrected chi connectivity index (χ1v) is 11.6. The van der Waals surface area contributed by atoms with E-state index in [1.807, 2.05) is 18.2 Å². The largest absolute Gasteiger partial charge is 0.493 e. The fraction of sp³-hybridized carbons (Fsp3) is 0.417. The monoisotopic (exact) mass is 472 g/mol. The average molecular weight is 473 g/mol. The Balaban J connectivity index is 1.42. The van der Waals surface area contributed by atoms with Crippen molar-refractivity contribution < 1.29 is 9.47 Å². The topological polar surface area (TPSA) is 66.6 Å². The van der Waals surface area contributed by atoms with E-state index in [-0.39, 0.29) is 0 Å². The van der Waals surface area contributed by atoms with Crippen LogP contribution in [0.2, 0.25) is 0 Å². The van der Waals surface area contributed by atoms with Crippen LogP contribution in [0.5, 0.6) is 11.5 Å². The molecule has 1 fully saturated rings. The van der Waals surface area contributed by atoms with Crippen molar-refractivity contribution in [2.24, 2.45) is 0 Å². The van der Waals surface area contributed by atoms with E-state index in [2.05, 4.69) is 53.3 Å². The second-order valence-corrected chi connectivity index (χ2v) is 8.93. The first-order chi connectivity index (χ1) is 15.4. The highest BCUT2D eigenvalue weighted by atomic mass is 32.1. The number of hydrogen-bond donors (Lipinski definition) is 4. The Hall–Kier alpha value is -2.58. The van der Waals surface area contributed by atoms with Crippen LogP contribution in [0, 0.1) is 13.8 Å². The van der Waals surface area contributed by atoms with Crippen LogP contribution in [0.4, 0.5) is 11.4 Å². The fourth-order valence-electron chi connectivity index (χ4n) is 3.82. The Labute approximate surface area is 201 Å². The number of anilines is 2. The van der Waals surface area contributed by atoms with Gasteiger partial charge >= 0.3 is 0 Å². The lowest BCUT2D eigenvalue weighted by atomic mass is 9.91. The van der Waals surface area contributed by atoms with Gasteiger partial charge in [0.15, 0.2) is 21.7 Å². The highest BCUT2D eigenvalue weighted by Crippen LogP contribution is 2.29. The Morgan fingerprint density at radius 3 is 1.72 bits per heavy atom. The number of nitrogens with one attached hydrogen (secondary N) is 4. The second kappa shape index (κ2) is 11.3. The summed E-state index contributed by atoms with van der Waals surface area (Å²) in [4.78, 5) is 0. The van der Waals surface area contributed by atoms with Gasteiger partial charge < -0.3 is 30.7 Å². The van der Waals surface area contributed by atoms with Gasteiger partial charge in [0.2, 0.25) is 0 Å². The molecule has 2 aromatic rings. The number of thiocarbonyl (C=S) groups is 2. The summed E-state index contributed by atoms with van der Waals surface area (Å²) in [5, 5.41) is 14.7. The third-order valence-corrected chi connectivity index (χ3v) is 6.24. The second-order valence-electron chi connectivity index (χ2n) is 8.11. The summed E-state index contributed by atoms with van der Waals surface area (Å²) in [6.07, 6.45) is 4.12. The molecule has 32 heavy (non-hydrogen) atoms. The molecule has 8 heteroatoms. The maximum Gasteiger partial charge on any atom is 0.170 e. The number of benzene rings is 2. The van der Waals surface area contributed by atoms with Crippen LogP contribution in [-0.4, -0.2) is 36.5 Å². The van der Waals surface area contributed by atoms with Gasteiger partial charge in [0.1, 0.15) is 0 Å². The van der Waals surface area contributed by atoms with E-state index < -0.39 is 0 Å². The van der Waals surface area contributed by atoms with Crippen LogP contribution in [-0.2, 0) is 0 Å². The molecular weight excluding hydrogens is 440 g/mol. The summed E-state index contributed by atoms with van der Waals surface area (Å²) in [6, 6.07) is 12.6. The molecule has 0 atom stereocenters. The zero-order valence-electron chi connectivity index (χ0n) is 19.1. The number of ether oxygens (including phenoxy) is 2. The molecule has 2 aromatic carbocycles. The third kappa shape index (κ3) is 6.71. The molecule has 0 aliphatic heterocycles. The maximum atomic E-state index is 5.52. The summed E-state index contributed by atoms with van der Waals surface area (Å²) < 4.78 is 10.6. The Morgan fingerprint density at radius 1 is 0.719 bits per heavy atom. The van der Waals surface area contributed by atoms with Gasteiger partial charge in [-0.1, -0.05) is 6.07 Å². The molecule has 172 valence electrons. The SMILES string of the molecule is COc1ccc(NC(=S)NC2CCC(NC(=S)Nc3ccc(C)c(C)c3)CC2)cc1OC. The van der Waals surface area contributed by atoms with Crippen LogP contribution < -0.4 is 30.7 Å². The first kappa shape index (κ1) is 24.1. The molecule has 0 aromatic heterocycles. The smallest absolute Gasteiger partial charge is 0.170 e. The van der Waals surface area contributed by atoms with Gasteiger partial charge in [-0.3, -0.25) is 0 Å². The molecule has 6 nitrogen and oxygen atoms in total. The van der Waals surface area contributed by atoms with Crippen LogP contribution in [0.3, 0.4) is 0 Å². The van der Waals surface area contributed by atoms with Gasteiger partial charge in [0.05, 0.1) is 14.2 Å². The van der Waals surface area contributed by atoms with E-state index in [4.69, 9.17) is 33.9 Å². The quantitative estimate of drug-likeness (QED) is 0.443. The van der Waals surface area contributed by atoms with Crippen molar-refractivity contribution in [2.45, 2.75) is 51.6 Å². The Bertz CT molecular complexity index is 959. The van der Waals surface area contributed by atoms with Gasteiger partial charge in [-0.15, -0.1) is 0 Å². The van der Waals surface area contributed by atoms with E-state index in [1.54, 1.807) is 14.2 Å². The lowest BCUT2D eigenvalue weighted by Gasteiger charge is -2.31. The highest BCUT2D eigenvalue weighted by molar-refractivity contribution is 7.80. The molecule has 1 saturated carbocycles. The number of rotatable bonds is 6. The van der Waals surface area contributed by atoms with Gasteiger partial charge in [-0.2, -0.15) is 0 Å². The number of aryl methyl sites for hydroxylation is 2.